The first-order chi connectivity index (χ1) is 14.6. The molecule has 0 heterocycles. The molecule has 0 unspecified atom stereocenters. The number of carbonyl (C=O) groups excluding carboxylic acids is 1. The number of esters is 1. The van der Waals surface area contributed by atoms with Crippen molar-refractivity contribution in [2.75, 3.05) is 6.61 Å². The summed E-state index contributed by atoms with van der Waals surface area (Å²) in [5.74, 6) is 0.257. The molecule has 3 heteroatoms. The van der Waals surface area contributed by atoms with Crippen LogP contribution in [-0.2, 0) is 26.8 Å². The standard InChI is InChI=1S/C29H50O3/c1-27(2,3)18-14-12-10-11-13-15-19-32-25(30)17-16-22-20-23(28(4,5)6)26(31)24(21-22)29(7,8)9/h20-21,31H,10-19H2,1-9H3. The Morgan fingerprint density at radius 2 is 1.25 bits per heavy atom. The van der Waals surface area contributed by atoms with Gasteiger partial charge in [0.25, 0.3) is 0 Å². The number of phenolic OH excluding ortho intramolecular Hbond substituents is 1. The molecule has 0 fully saturated rings. The highest BCUT2D eigenvalue weighted by Gasteiger charge is 2.26. The van der Waals surface area contributed by atoms with Crippen molar-refractivity contribution in [3.05, 3.63) is 28.8 Å². The van der Waals surface area contributed by atoms with E-state index >= 15 is 0 Å². The fourth-order valence-corrected chi connectivity index (χ4v) is 3.95. The van der Waals surface area contributed by atoms with Gasteiger partial charge in [-0.25, -0.2) is 0 Å². The van der Waals surface area contributed by atoms with Gasteiger partial charge < -0.3 is 9.84 Å². The summed E-state index contributed by atoms with van der Waals surface area (Å²) in [4.78, 5) is 12.2. The molecule has 1 aromatic carbocycles. The fourth-order valence-electron chi connectivity index (χ4n) is 3.95. The van der Waals surface area contributed by atoms with Crippen LogP contribution in [0.25, 0.3) is 0 Å². The fraction of sp³-hybridized carbons (Fsp3) is 0.759. The molecule has 0 aliphatic heterocycles. The molecule has 184 valence electrons. The van der Waals surface area contributed by atoms with Gasteiger partial charge in [-0.1, -0.05) is 107 Å². The highest BCUT2D eigenvalue weighted by Crippen LogP contribution is 2.40. The lowest BCUT2D eigenvalue weighted by Crippen LogP contribution is -2.18. The molecule has 1 aromatic rings. The molecule has 1 rings (SSSR count). The number of carbonyl (C=O) groups is 1. The predicted octanol–water partition coefficient (Wildman–Crippen LogP) is 8.24. The smallest absolute Gasteiger partial charge is 0.306 e. The van der Waals surface area contributed by atoms with Gasteiger partial charge in [0.05, 0.1) is 6.61 Å². The lowest BCUT2D eigenvalue weighted by Gasteiger charge is -2.28. The predicted molar refractivity (Wildman–Crippen MR) is 137 cm³/mol. The van der Waals surface area contributed by atoms with Crippen LogP contribution in [0.4, 0.5) is 0 Å². The minimum atomic E-state index is -0.159. The van der Waals surface area contributed by atoms with Crippen LogP contribution in [0.1, 0.15) is 130 Å². The molecule has 0 saturated heterocycles. The van der Waals surface area contributed by atoms with Gasteiger partial charge in [-0.15, -0.1) is 0 Å². The van der Waals surface area contributed by atoms with Crippen LogP contribution in [0.3, 0.4) is 0 Å². The number of benzene rings is 1. The third-order valence-electron chi connectivity index (χ3n) is 5.99. The average Bonchev–Trinajstić information content (AvgIpc) is 2.63. The van der Waals surface area contributed by atoms with Gasteiger partial charge in [0.1, 0.15) is 5.75 Å². The number of unbranched alkanes of at least 4 members (excludes halogenated alkanes) is 5. The Labute approximate surface area is 198 Å². The van der Waals surface area contributed by atoms with E-state index in [1.54, 1.807) is 0 Å². The van der Waals surface area contributed by atoms with Crippen LogP contribution >= 0.6 is 0 Å². The normalized spacial score (nSPS) is 12.8. The number of aryl methyl sites for hydroxylation is 1. The van der Waals surface area contributed by atoms with Crippen LogP contribution in [0.5, 0.6) is 5.75 Å². The average molecular weight is 447 g/mol. The summed E-state index contributed by atoms with van der Waals surface area (Å²) in [6, 6.07) is 4.11. The molecule has 0 atom stereocenters. The molecule has 32 heavy (non-hydrogen) atoms. The number of hydrogen-bond donors (Lipinski definition) is 1. The van der Waals surface area contributed by atoms with E-state index in [-0.39, 0.29) is 16.8 Å². The lowest BCUT2D eigenvalue weighted by atomic mass is 9.78. The lowest BCUT2D eigenvalue weighted by molar-refractivity contribution is -0.143. The van der Waals surface area contributed by atoms with Crippen molar-refractivity contribution in [3.8, 4) is 5.75 Å². The highest BCUT2D eigenvalue weighted by atomic mass is 16.5. The summed E-state index contributed by atoms with van der Waals surface area (Å²) in [5, 5.41) is 10.8. The zero-order valence-corrected chi connectivity index (χ0v) is 22.5. The summed E-state index contributed by atoms with van der Waals surface area (Å²) in [6.07, 6.45) is 9.50. The summed E-state index contributed by atoms with van der Waals surface area (Å²) in [6.45, 7) is 20.1. The number of phenols is 1. The Bertz CT molecular complexity index is 676. The largest absolute Gasteiger partial charge is 0.507 e. The van der Waals surface area contributed by atoms with Gasteiger partial charge in [0.2, 0.25) is 0 Å². The topological polar surface area (TPSA) is 46.5 Å². The summed E-state index contributed by atoms with van der Waals surface area (Å²) in [5.41, 5.74) is 3.09. The number of hydrogen-bond acceptors (Lipinski definition) is 3. The van der Waals surface area contributed by atoms with Crippen LogP contribution in [0.2, 0.25) is 0 Å². The minimum Gasteiger partial charge on any atom is -0.507 e. The first-order valence-electron chi connectivity index (χ1n) is 12.6. The molecule has 3 nitrogen and oxygen atoms in total. The quantitative estimate of drug-likeness (QED) is 0.275. The molecule has 0 aromatic heterocycles. The Morgan fingerprint density at radius 3 is 1.72 bits per heavy atom. The summed E-state index contributed by atoms with van der Waals surface area (Å²) >= 11 is 0. The Hall–Kier alpha value is -1.51. The Balaban J connectivity index is 2.43. The SMILES string of the molecule is CC(C)(C)CCCCCCCCOC(=O)CCc1cc(C(C)(C)C)c(O)c(C(C)(C)C)c1. The Morgan fingerprint density at radius 1 is 0.781 bits per heavy atom. The van der Waals surface area contributed by atoms with Crippen LogP contribution in [0, 0.1) is 5.41 Å². The second-order valence-corrected chi connectivity index (χ2v) is 12.7. The maximum Gasteiger partial charge on any atom is 0.306 e. The maximum absolute atomic E-state index is 12.2. The van der Waals surface area contributed by atoms with Gasteiger partial charge >= 0.3 is 5.97 Å². The van der Waals surface area contributed by atoms with Crippen molar-refractivity contribution in [1.29, 1.82) is 0 Å². The third kappa shape index (κ3) is 10.9. The van der Waals surface area contributed by atoms with Gasteiger partial charge in [-0.2, -0.15) is 0 Å². The van der Waals surface area contributed by atoms with E-state index in [2.05, 4.69) is 74.4 Å². The molecule has 0 spiro atoms. The van der Waals surface area contributed by atoms with Crippen molar-refractivity contribution in [3.63, 3.8) is 0 Å². The Kier molecular flexibility index (Phi) is 10.8. The third-order valence-corrected chi connectivity index (χ3v) is 5.99. The molecule has 0 bridgehead atoms. The van der Waals surface area contributed by atoms with Gasteiger partial charge in [-0.3, -0.25) is 4.79 Å². The second-order valence-electron chi connectivity index (χ2n) is 12.7. The zero-order chi connectivity index (χ0) is 24.6. The summed E-state index contributed by atoms with van der Waals surface area (Å²) < 4.78 is 5.47. The van der Waals surface area contributed by atoms with Crippen molar-refractivity contribution in [2.24, 2.45) is 5.41 Å². The van der Waals surface area contributed by atoms with Crippen molar-refractivity contribution in [1.82, 2.24) is 0 Å². The number of aromatic hydroxyl groups is 1. The maximum atomic E-state index is 12.2. The zero-order valence-electron chi connectivity index (χ0n) is 22.5. The molecule has 0 aliphatic rings. The first-order valence-corrected chi connectivity index (χ1v) is 12.6. The number of ether oxygens (including phenoxy) is 1. The van der Waals surface area contributed by atoms with E-state index < -0.39 is 0 Å². The van der Waals surface area contributed by atoms with E-state index in [1.807, 2.05) is 0 Å². The number of rotatable bonds is 11. The second kappa shape index (κ2) is 12.1. The molecule has 0 amide bonds. The van der Waals surface area contributed by atoms with Gasteiger partial charge in [0, 0.05) is 6.42 Å². The van der Waals surface area contributed by atoms with Crippen LogP contribution < -0.4 is 0 Å². The summed E-state index contributed by atoms with van der Waals surface area (Å²) in [7, 11) is 0. The van der Waals surface area contributed by atoms with E-state index in [1.165, 1.54) is 32.1 Å². The molecule has 1 N–H and O–H groups in total. The molecule has 0 aliphatic carbocycles. The van der Waals surface area contributed by atoms with E-state index in [0.717, 1.165) is 29.5 Å². The monoisotopic (exact) mass is 446 g/mol. The van der Waals surface area contributed by atoms with Crippen LogP contribution in [0.15, 0.2) is 12.1 Å². The van der Waals surface area contributed by atoms with Crippen molar-refractivity contribution in [2.45, 2.75) is 131 Å². The van der Waals surface area contributed by atoms with E-state index in [9.17, 15) is 9.90 Å². The molecular formula is C29H50O3. The van der Waals surface area contributed by atoms with Crippen LogP contribution in [-0.4, -0.2) is 17.7 Å². The molecule has 0 saturated carbocycles. The van der Waals surface area contributed by atoms with E-state index in [0.29, 0.717) is 30.6 Å². The molecular weight excluding hydrogens is 396 g/mol. The van der Waals surface area contributed by atoms with Crippen molar-refractivity contribution >= 4 is 5.97 Å². The van der Waals surface area contributed by atoms with Gasteiger partial charge in [0.15, 0.2) is 0 Å². The minimum absolute atomic E-state index is 0.127. The van der Waals surface area contributed by atoms with E-state index in [4.69, 9.17) is 4.74 Å². The molecule has 0 radical (unpaired) electrons. The first kappa shape index (κ1) is 28.5. The van der Waals surface area contributed by atoms with Gasteiger partial charge in [-0.05, 0) is 52.2 Å². The highest BCUT2D eigenvalue weighted by molar-refractivity contribution is 5.69. The van der Waals surface area contributed by atoms with Crippen molar-refractivity contribution < 1.29 is 14.6 Å².